The molecule has 1 atom stereocenters. The van der Waals surface area contributed by atoms with E-state index in [9.17, 15) is 19.2 Å². The summed E-state index contributed by atoms with van der Waals surface area (Å²) in [6.07, 6.45) is 1.37. The Labute approximate surface area is 185 Å². The van der Waals surface area contributed by atoms with Crippen molar-refractivity contribution in [3.05, 3.63) is 64.7 Å². The number of carbonyl (C=O) groups excluding carboxylic acids is 4. The van der Waals surface area contributed by atoms with Gasteiger partial charge in [0.15, 0.2) is 0 Å². The van der Waals surface area contributed by atoms with Crippen LogP contribution in [0.3, 0.4) is 0 Å². The summed E-state index contributed by atoms with van der Waals surface area (Å²) < 4.78 is 9.95. The first kappa shape index (κ1) is 21.5. The van der Waals surface area contributed by atoms with E-state index in [1.165, 1.54) is 24.1 Å². The normalized spacial score (nSPS) is 17.9. The first-order valence-corrected chi connectivity index (χ1v) is 10.4. The Balaban J connectivity index is 1.52. The van der Waals surface area contributed by atoms with Gasteiger partial charge in [-0.1, -0.05) is 12.1 Å². The molecule has 1 saturated heterocycles. The van der Waals surface area contributed by atoms with E-state index >= 15 is 0 Å². The van der Waals surface area contributed by atoms with Gasteiger partial charge in [-0.2, -0.15) is 0 Å². The topological polar surface area (TPSA) is 93.2 Å². The van der Waals surface area contributed by atoms with Crippen LogP contribution in [-0.4, -0.2) is 60.8 Å². The van der Waals surface area contributed by atoms with Crippen LogP contribution >= 0.6 is 0 Å². The Bertz CT molecular complexity index is 1080. The van der Waals surface area contributed by atoms with E-state index in [0.717, 1.165) is 5.56 Å². The lowest BCUT2D eigenvalue weighted by molar-refractivity contribution is -0.146. The summed E-state index contributed by atoms with van der Waals surface area (Å²) in [4.78, 5) is 53.4. The number of piperidine rings is 1. The molecule has 32 heavy (non-hydrogen) atoms. The van der Waals surface area contributed by atoms with Gasteiger partial charge in [-0.05, 0) is 48.7 Å². The van der Waals surface area contributed by atoms with Crippen molar-refractivity contribution >= 4 is 23.7 Å². The molecule has 0 N–H and O–H groups in total. The van der Waals surface area contributed by atoms with E-state index in [1.807, 2.05) is 0 Å². The molecule has 4 rings (SSSR count). The number of benzene rings is 2. The van der Waals surface area contributed by atoms with E-state index in [2.05, 4.69) is 0 Å². The molecule has 0 aromatic heterocycles. The molecule has 166 valence electrons. The Morgan fingerprint density at radius 3 is 2.41 bits per heavy atom. The Morgan fingerprint density at radius 2 is 1.72 bits per heavy atom. The molecule has 0 saturated carbocycles. The summed E-state index contributed by atoms with van der Waals surface area (Å²) in [6.45, 7) is 0.936. The van der Waals surface area contributed by atoms with Crippen LogP contribution < -0.4 is 4.74 Å². The van der Waals surface area contributed by atoms with Crippen molar-refractivity contribution in [3.8, 4) is 5.75 Å². The maximum absolute atomic E-state index is 13.0. The minimum atomic E-state index is -0.429. The van der Waals surface area contributed by atoms with Crippen LogP contribution in [0.15, 0.2) is 42.5 Å². The summed E-state index contributed by atoms with van der Waals surface area (Å²) in [6, 6.07) is 11.7. The zero-order valence-corrected chi connectivity index (χ0v) is 18.0. The number of nitrogens with zero attached hydrogens (tertiary/aromatic N) is 2. The first-order chi connectivity index (χ1) is 15.4. The first-order valence-electron chi connectivity index (χ1n) is 10.4. The van der Waals surface area contributed by atoms with Gasteiger partial charge >= 0.3 is 5.97 Å². The fourth-order valence-corrected chi connectivity index (χ4v) is 4.18. The Kier molecular flexibility index (Phi) is 5.94. The number of rotatable bonds is 5. The average molecular weight is 436 g/mol. The molecule has 2 heterocycles. The predicted octanol–water partition coefficient (Wildman–Crippen LogP) is 2.52. The zero-order chi connectivity index (χ0) is 22.8. The number of imide groups is 1. The number of esters is 1. The Morgan fingerprint density at radius 1 is 1.00 bits per heavy atom. The van der Waals surface area contributed by atoms with Gasteiger partial charge in [0.25, 0.3) is 17.7 Å². The van der Waals surface area contributed by atoms with Crippen LogP contribution in [0.1, 0.15) is 49.5 Å². The minimum absolute atomic E-state index is 0.132. The minimum Gasteiger partial charge on any atom is -0.497 e. The lowest BCUT2D eigenvalue weighted by Gasteiger charge is -2.31. The third-order valence-electron chi connectivity index (χ3n) is 5.96. The average Bonchev–Trinajstić information content (AvgIpc) is 3.07. The van der Waals surface area contributed by atoms with E-state index < -0.39 is 5.91 Å². The third-order valence-corrected chi connectivity index (χ3v) is 5.96. The molecule has 3 amide bonds. The van der Waals surface area contributed by atoms with Gasteiger partial charge in [-0.25, -0.2) is 0 Å². The van der Waals surface area contributed by atoms with Crippen molar-refractivity contribution in [3.63, 3.8) is 0 Å². The van der Waals surface area contributed by atoms with Gasteiger partial charge in [0.05, 0.1) is 37.8 Å². The maximum atomic E-state index is 13.0. The molecule has 8 nitrogen and oxygen atoms in total. The number of likely N-dealkylation sites (tertiary alicyclic amines) is 1. The third kappa shape index (κ3) is 3.95. The van der Waals surface area contributed by atoms with E-state index in [4.69, 9.17) is 9.47 Å². The van der Waals surface area contributed by atoms with Crippen LogP contribution in [0.25, 0.3) is 0 Å². The van der Waals surface area contributed by atoms with Crippen LogP contribution in [-0.2, 0) is 16.1 Å². The standard InChI is InChI=1S/C24H24N2O6/c1-31-18-8-5-15(6-9-18)13-26-22(28)19-10-7-16(12-20(19)23(26)29)21(27)25-11-3-4-17(14-25)24(30)32-2/h5-10,12,17H,3-4,11,13-14H2,1-2H3. The highest BCUT2D eigenvalue weighted by atomic mass is 16.5. The molecule has 0 aliphatic carbocycles. The van der Waals surface area contributed by atoms with Crippen molar-refractivity contribution in [1.29, 1.82) is 0 Å². The molecule has 2 aromatic rings. The van der Waals surface area contributed by atoms with Crippen LogP contribution in [0.4, 0.5) is 0 Å². The lowest BCUT2D eigenvalue weighted by Crippen LogP contribution is -2.42. The van der Waals surface area contributed by atoms with Crippen molar-refractivity contribution < 1.29 is 28.7 Å². The summed E-state index contributed by atoms with van der Waals surface area (Å²) in [7, 11) is 2.90. The monoisotopic (exact) mass is 436 g/mol. The number of carbonyl (C=O) groups is 4. The van der Waals surface area contributed by atoms with Gasteiger partial charge in [0, 0.05) is 18.7 Å². The molecule has 0 radical (unpaired) electrons. The summed E-state index contributed by atoms with van der Waals surface area (Å²) in [5.41, 5.74) is 1.61. The maximum Gasteiger partial charge on any atom is 0.310 e. The molecule has 8 heteroatoms. The van der Waals surface area contributed by atoms with Crippen molar-refractivity contribution in [1.82, 2.24) is 9.80 Å². The van der Waals surface area contributed by atoms with E-state index in [-0.39, 0.29) is 47.9 Å². The number of hydrogen-bond acceptors (Lipinski definition) is 6. The molecule has 1 fully saturated rings. The number of hydrogen-bond donors (Lipinski definition) is 0. The number of fused-ring (bicyclic) bond motifs is 1. The number of amides is 3. The predicted molar refractivity (Wildman–Crippen MR) is 114 cm³/mol. The summed E-state index contributed by atoms with van der Waals surface area (Å²) in [5.74, 6) is -1.08. The molecule has 2 aromatic carbocycles. The molecule has 2 aliphatic heterocycles. The van der Waals surface area contributed by atoms with Crippen LogP contribution in [0, 0.1) is 5.92 Å². The molecular formula is C24H24N2O6. The summed E-state index contributed by atoms with van der Waals surface area (Å²) in [5, 5.41) is 0. The van der Waals surface area contributed by atoms with Gasteiger partial charge in [0.1, 0.15) is 5.75 Å². The highest BCUT2D eigenvalue weighted by Crippen LogP contribution is 2.27. The fourth-order valence-electron chi connectivity index (χ4n) is 4.18. The molecule has 1 unspecified atom stereocenters. The van der Waals surface area contributed by atoms with Crippen molar-refractivity contribution in [2.24, 2.45) is 5.92 Å². The number of methoxy groups -OCH3 is 2. The molecule has 0 spiro atoms. The lowest BCUT2D eigenvalue weighted by atomic mass is 9.97. The summed E-state index contributed by atoms with van der Waals surface area (Å²) >= 11 is 0. The second-order valence-corrected chi connectivity index (χ2v) is 7.92. The number of ether oxygens (including phenoxy) is 2. The van der Waals surface area contributed by atoms with Crippen LogP contribution in [0.5, 0.6) is 5.75 Å². The van der Waals surface area contributed by atoms with E-state index in [0.29, 0.717) is 30.7 Å². The molecule has 2 aliphatic rings. The van der Waals surface area contributed by atoms with Crippen molar-refractivity contribution in [2.75, 3.05) is 27.3 Å². The quantitative estimate of drug-likeness (QED) is 0.528. The SMILES string of the molecule is COC(=O)C1CCCN(C(=O)c2ccc3c(c2)C(=O)N(Cc2ccc(OC)cc2)C3=O)C1. The second-order valence-electron chi connectivity index (χ2n) is 7.92. The van der Waals surface area contributed by atoms with Gasteiger partial charge in [0.2, 0.25) is 0 Å². The molecule has 0 bridgehead atoms. The highest BCUT2D eigenvalue weighted by molar-refractivity contribution is 6.22. The highest BCUT2D eigenvalue weighted by Gasteiger charge is 2.37. The van der Waals surface area contributed by atoms with Gasteiger partial charge in [-0.15, -0.1) is 0 Å². The zero-order valence-electron chi connectivity index (χ0n) is 18.0. The van der Waals surface area contributed by atoms with Crippen molar-refractivity contribution in [2.45, 2.75) is 19.4 Å². The Hall–Kier alpha value is -3.68. The van der Waals surface area contributed by atoms with Gasteiger partial charge in [-0.3, -0.25) is 24.1 Å². The second kappa shape index (κ2) is 8.82. The van der Waals surface area contributed by atoms with E-state index in [1.54, 1.807) is 42.3 Å². The smallest absolute Gasteiger partial charge is 0.310 e. The van der Waals surface area contributed by atoms with Crippen LogP contribution in [0.2, 0.25) is 0 Å². The largest absolute Gasteiger partial charge is 0.497 e. The fraction of sp³-hybridized carbons (Fsp3) is 0.333. The van der Waals surface area contributed by atoms with Gasteiger partial charge < -0.3 is 14.4 Å². The molecular weight excluding hydrogens is 412 g/mol.